The van der Waals surface area contributed by atoms with Gasteiger partial charge in [0.25, 0.3) is 11.8 Å². The molecule has 26 heavy (non-hydrogen) atoms. The fourth-order valence-corrected chi connectivity index (χ4v) is 3.02. The number of halogens is 1. The summed E-state index contributed by atoms with van der Waals surface area (Å²) in [6.07, 6.45) is 0. The number of aryl methyl sites for hydroxylation is 1. The van der Waals surface area contributed by atoms with E-state index in [9.17, 15) is 9.59 Å². The van der Waals surface area contributed by atoms with E-state index in [-0.39, 0.29) is 11.8 Å². The second-order valence-electron chi connectivity index (χ2n) is 5.81. The van der Waals surface area contributed by atoms with Gasteiger partial charge in [0.1, 0.15) is 0 Å². The molecule has 0 aliphatic carbocycles. The lowest BCUT2D eigenvalue weighted by atomic mass is 10.1. The molecule has 0 bridgehead atoms. The molecule has 0 atom stereocenters. The summed E-state index contributed by atoms with van der Waals surface area (Å²) in [5, 5.41) is 5.70. The van der Waals surface area contributed by atoms with Crippen molar-refractivity contribution in [2.45, 2.75) is 6.92 Å². The van der Waals surface area contributed by atoms with E-state index in [1.54, 1.807) is 42.5 Å². The van der Waals surface area contributed by atoms with Gasteiger partial charge in [0, 0.05) is 27.0 Å². The maximum absolute atomic E-state index is 12.5. The summed E-state index contributed by atoms with van der Waals surface area (Å²) in [6, 6.07) is 21.5. The van der Waals surface area contributed by atoms with Gasteiger partial charge < -0.3 is 10.6 Å². The Morgan fingerprint density at radius 2 is 1.42 bits per heavy atom. The minimum Gasteiger partial charge on any atom is -0.322 e. The third-order valence-corrected chi connectivity index (χ3v) is 4.34. The van der Waals surface area contributed by atoms with Gasteiger partial charge in [-0.05, 0) is 61.0 Å². The molecule has 0 radical (unpaired) electrons. The van der Waals surface area contributed by atoms with Crippen LogP contribution in [0.1, 0.15) is 26.3 Å². The number of rotatable bonds is 4. The molecule has 130 valence electrons. The Balaban J connectivity index is 1.73. The standard InChI is InChI=1S/C21H17BrN2O2/c1-14-12-16(22)10-11-19(14)21(26)24-18-9-5-8-17(13-18)23-20(25)15-6-3-2-4-7-15/h2-13H,1H3,(H,23,25)(H,24,26). The highest BCUT2D eigenvalue weighted by molar-refractivity contribution is 9.10. The van der Waals surface area contributed by atoms with Crippen LogP contribution in [0, 0.1) is 6.92 Å². The van der Waals surface area contributed by atoms with E-state index in [1.807, 2.05) is 37.3 Å². The van der Waals surface area contributed by atoms with Crippen LogP contribution in [0.15, 0.2) is 77.3 Å². The number of carbonyl (C=O) groups excluding carboxylic acids is 2. The third-order valence-electron chi connectivity index (χ3n) is 3.85. The van der Waals surface area contributed by atoms with Crippen LogP contribution in [-0.4, -0.2) is 11.8 Å². The van der Waals surface area contributed by atoms with Gasteiger partial charge in [-0.15, -0.1) is 0 Å². The van der Waals surface area contributed by atoms with E-state index in [2.05, 4.69) is 26.6 Å². The molecule has 3 aromatic rings. The first kappa shape index (κ1) is 17.9. The smallest absolute Gasteiger partial charge is 0.255 e. The van der Waals surface area contributed by atoms with Crippen LogP contribution in [0.25, 0.3) is 0 Å². The second kappa shape index (κ2) is 7.97. The summed E-state index contributed by atoms with van der Waals surface area (Å²) in [6.45, 7) is 1.89. The molecule has 2 amide bonds. The van der Waals surface area contributed by atoms with Gasteiger partial charge in [-0.2, -0.15) is 0 Å². The highest BCUT2D eigenvalue weighted by Crippen LogP contribution is 2.20. The monoisotopic (exact) mass is 408 g/mol. The summed E-state index contributed by atoms with van der Waals surface area (Å²) < 4.78 is 0.928. The number of amides is 2. The largest absolute Gasteiger partial charge is 0.322 e. The zero-order valence-corrected chi connectivity index (χ0v) is 15.7. The number of benzene rings is 3. The molecule has 0 aliphatic heterocycles. The molecule has 0 spiro atoms. The first-order valence-electron chi connectivity index (χ1n) is 8.07. The van der Waals surface area contributed by atoms with E-state index in [0.717, 1.165) is 10.0 Å². The summed E-state index contributed by atoms with van der Waals surface area (Å²) in [4.78, 5) is 24.7. The minimum absolute atomic E-state index is 0.193. The van der Waals surface area contributed by atoms with Gasteiger partial charge in [-0.3, -0.25) is 9.59 Å². The van der Waals surface area contributed by atoms with E-state index < -0.39 is 0 Å². The summed E-state index contributed by atoms with van der Waals surface area (Å²) in [5.74, 6) is -0.389. The molecular weight excluding hydrogens is 392 g/mol. The molecule has 3 rings (SSSR count). The maximum atomic E-state index is 12.5. The Hall–Kier alpha value is -2.92. The van der Waals surface area contributed by atoms with Gasteiger partial charge in [0.05, 0.1) is 0 Å². The van der Waals surface area contributed by atoms with Gasteiger partial charge in [-0.1, -0.05) is 40.2 Å². The first-order valence-corrected chi connectivity index (χ1v) is 8.86. The van der Waals surface area contributed by atoms with Gasteiger partial charge in [-0.25, -0.2) is 0 Å². The van der Waals surface area contributed by atoms with Gasteiger partial charge in [0.15, 0.2) is 0 Å². The van der Waals surface area contributed by atoms with E-state index in [1.165, 1.54) is 0 Å². The van der Waals surface area contributed by atoms with Crippen molar-refractivity contribution in [3.63, 3.8) is 0 Å². The number of hydrogen-bond donors (Lipinski definition) is 2. The highest BCUT2D eigenvalue weighted by atomic mass is 79.9. The van der Waals surface area contributed by atoms with Crippen LogP contribution in [0.4, 0.5) is 11.4 Å². The molecule has 0 saturated carbocycles. The zero-order valence-electron chi connectivity index (χ0n) is 14.1. The van der Waals surface area contributed by atoms with Crippen LogP contribution in [-0.2, 0) is 0 Å². The van der Waals surface area contributed by atoms with Crippen LogP contribution in [0.2, 0.25) is 0 Å². The average Bonchev–Trinajstić information content (AvgIpc) is 2.62. The predicted octanol–water partition coefficient (Wildman–Crippen LogP) is 5.26. The van der Waals surface area contributed by atoms with Crippen LogP contribution < -0.4 is 10.6 Å². The molecule has 0 aromatic heterocycles. The molecule has 0 aliphatic rings. The molecule has 4 nitrogen and oxygen atoms in total. The SMILES string of the molecule is Cc1cc(Br)ccc1C(=O)Nc1cccc(NC(=O)c2ccccc2)c1. The molecule has 0 heterocycles. The van der Waals surface area contributed by atoms with Crippen molar-refractivity contribution in [3.05, 3.63) is 94.0 Å². The first-order chi connectivity index (χ1) is 12.5. The Bertz CT molecular complexity index is 955. The lowest BCUT2D eigenvalue weighted by molar-refractivity contribution is 0.101. The molecule has 2 N–H and O–H groups in total. The van der Waals surface area contributed by atoms with E-state index >= 15 is 0 Å². The van der Waals surface area contributed by atoms with Crippen molar-refractivity contribution in [3.8, 4) is 0 Å². The Kier molecular flexibility index (Phi) is 5.49. The van der Waals surface area contributed by atoms with Crippen LogP contribution in [0.3, 0.4) is 0 Å². The molecular formula is C21H17BrN2O2. The molecule has 5 heteroatoms. The number of anilines is 2. The van der Waals surface area contributed by atoms with Crippen molar-refractivity contribution in [2.24, 2.45) is 0 Å². The summed E-state index contributed by atoms with van der Waals surface area (Å²) >= 11 is 3.39. The third kappa shape index (κ3) is 4.37. The Morgan fingerprint density at radius 1 is 0.769 bits per heavy atom. The number of hydrogen-bond acceptors (Lipinski definition) is 2. The summed E-state index contributed by atoms with van der Waals surface area (Å²) in [7, 11) is 0. The maximum Gasteiger partial charge on any atom is 0.255 e. The van der Waals surface area contributed by atoms with Crippen LogP contribution >= 0.6 is 15.9 Å². The number of nitrogens with one attached hydrogen (secondary N) is 2. The zero-order chi connectivity index (χ0) is 18.5. The van der Waals surface area contributed by atoms with Crippen LogP contribution in [0.5, 0.6) is 0 Å². The fraction of sp³-hybridized carbons (Fsp3) is 0.0476. The lowest BCUT2D eigenvalue weighted by Gasteiger charge is -2.10. The van der Waals surface area contributed by atoms with E-state index in [4.69, 9.17) is 0 Å². The minimum atomic E-state index is -0.196. The molecule has 3 aromatic carbocycles. The van der Waals surface area contributed by atoms with Gasteiger partial charge in [0.2, 0.25) is 0 Å². The van der Waals surface area contributed by atoms with Crippen molar-refractivity contribution < 1.29 is 9.59 Å². The fourth-order valence-electron chi connectivity index (χ4n) is 2.55. The second-order valence-corrected chi connectivity index (χ2v) is 6.73. The summed E-state index contributed by atoms with van der Waals surface area (Å²) in [5.41, 5.74) is 3.29. The number of carbonyl (C=O) groups is 2. The molecule has 0 fully saturated rings. The Labute approximate surface area is 160 Å². The topological polar surface area (TPSA) is 58.2 Å². The average molecular weight is 409 g/mol. The molecule has 0 unspecified atom stereocenters. The normalized spacial score (nSPS) is 10.2. The van der Waals surface area contributed by atoms with Crippen molar-refractivity contribution >= 4 is 39.1 Å². The molecule has 0 saturated heterocycles. The lowest BCUT2D eigenvalue weighted by Crippen LogP contribution is -2.14. The van der Waals surface area contributed by atoms with Crippen molar-refractivity contribution in [1.29, 1.82) is 0 Å². The predicted molar refractivity (Wildman–Crippen MR) is 108 cm³/mol. The van der Waals surface area contributed by atoms with Crippen molar-refractivity contribution in [2.75, 3.05) is 10.6 Å². The quantitative estimate of drug-likeness (QED) is 0.618. The Morgan fingerprint density at radius 3 is 2.08 bits per heavy atom. The van der Waals surface area contributed by atoms with E-state index in [0.29, 0.717) is 22.5 Å². The van der Waals surface area contributed by atoms with Gasteiger partial charge >= 0.3 is 0 Å². The highest BCUT2D eigenvalue weighted by Gasteiger charge is 2.10. The van der Waals surface area contributed by atoms with Crippen molar-refractivity contribution in [1.82, 2.24) is 0 Å².